The number of amides is 1. The molecule has 4 rings (SSSR count). The normalized spacial score (nSPS) is 25.4. The lowest BCUT2D eigenvalue weighted by Crippen LogP contribution is -2.34. The first-order chi connectivity index (χ1) is 12.9. The summed E-state index contributed by atoms with van der Waals surface area (Å²) in [7, 11) is 0. The zero-order valence-electron chi connectivity index (χ0n) is 16.7. The lowest BCUT2D eigenvalue weighted by molar-refractivity contribution is -0.130. The first-order valence-electron chi connectivity index (χ1n) is 9.94. The number of fused-ring (bicyclic) bond motifs is 1. The van der Waals surface area contributed by atoms with Gasteiger partial charge in [-0.2, -0.15) is 0 Å². The van der Waals surface area contributed by atoms with E-state index in [4.69, 9.17) is 4.52 Å². The van der Waals surface area contributed by atoms with Gasteiger partial charge in [-0.25, -0.2) is 0 Å². The van der Waals surface area contributed by atoms with E-state index < -0.39 is 0 Å². The SMILES string of the molecule is CC(=O)N1C[C@H]2CN(Cc3cc(C(C)C)on3)C[C@H]2[C@@H]1c1ccccc1C. The molecule has 0 spiro atoms. The van der Waals surface area contributed by atoms with Crippen LogP contribution in [0.4, 0.5) is 0 Å². The second-order valence-electron chi connectivity index (χ2n) is 8.47. The highest BCUT2D eigenvalue weighted by Crippen LogP contribution is 2.46. The third kappa shape index (κ3) is 3.41. The fraction of sp³-hybridized carbons (Fsp3) is 0.545. The molecule has 0 saturated carbocycles. The number of hydrogen-bond donors (Lipinski definition) is 0. The summed E-state index contributed by atoms with van der Waals surface area (Å²) in [5, 5.41) is 4.25. The average Bonchev–Trinajstić information content (AvgIpc) is 3.30. The molecule has 0 radical (unpaired) electrons. The number of aryl methyl sites for hydroxylation is 1. The molecule has 0 aliphatic carbocycles. The highest BCUT2D eigenvalue weighted by atomic mass is 16.5. The molecule has 5 heteroatoms. The Morgan fingerprint density at radius 2 is 2.04 bits per heavy atom. The number of likely N-dealkylation sites (tertiary alicyclic amines) is 2. The fourth-order valence-electron chi connectivity index (χ4n) is 4.81. The lowest BCUT2D eigenvalue weighted by Gasteiger charge is -2.30. The van der Waals surface area contributed by atoms with E-state index in [0.717, 1.165) is 37.6 Å². The van der Waals surface area contributed by atoms with Crippen molar-refractivity contribution in [2.75, 3.05) is 19.6 Å². The Morgan fingerprint density at radius 1 is 1.26 bits per heavy atom. The first kappa shape index (κ1) is 18.2. The second-order valence-corrected chi connectivity index (χ2v) is 8.47. The Bertz CT molecular complexity index is 828. The fourth-order valence-corrected chi connectivity index (χ4v) is 4.81. The summed E-state index contributed by atoms with van der Waals surface area (Å²) in [4.78, 5) is 16.9. The maximum atomic E-state index is 12.3. The summed E-state index contributed by atoms with van der Waals surface area (Å²) in [6, 6.07) is 10.8. The van der Waals surface area contributed by atoms with E-state index in [1.165, 1.54) is 11.1 Å². The average molecular weight is 367 g/mol. The van der Waals surface area contributed by atoms with Crippen molar-refractivity contribution < 1.29 is 9.32 Å². The van der Waals surface area contributed by atoms with Crippen molar-refractivity contribution >= 4 is 5.91 Å². The molecule has 3 heterocycles. The predicted octanol–water partition coefficient (Wildman–Crippen LogP) is 3.76. The topological polar surface area (TPSA) is 49.6 Å². The zero-order valence-corrected chi connectivity index (χ0v) is 16.7. The van der Waals surface area contributed by atoms with Crippen molar-refractivity contribution in [3.05, 3.63) is 52.9 Å². The summed E-state index contributed by atoms with van der Waals surface area (Å²) in [5.74, 6) is 2.49. The van der Waals surface area contributed by atoms with Gasteiger partial charge in [0.15, 0.2) is 0 Å². The molecule has 2 aliphatic heterocycles. The van der Waals surface area contributed by atoms with Crippen LogP contribution in [0.2, 0.25) is 0 Å². The smallest absolute Gasteiger partial charge is 0.219 e. The van der Waals surface area contributed by atoms with Crippen molar-refractivity contribution in [1.82, 2.24) is 15.0 Å². The van der Waals surface area contributed by atoms with Crippen LogP contribution < -0.4 is 0 Å². The molecule has 1 aromatic heterocycles. The minimum absolute atomic E-state index is 0.183. The minimum Gasteiger partial charge on any atom is -0.361 e. The first-order valence-corrected chi connectivity index (χ1v) is 9.94. The number of nitrogens with zero attached hydrogens (tertiary/aromatic N) is 3. The van der Waals surface area contributed by atoms with Gasteiger partial charge in [0.05, 0.1) is 11.7 Å². The van der Waals surface area contributed by atoms with Gasteiger partial charge in [0.25, 0.3) is 0 Å². The standard InChI is InChI=1S/C22H29N3O2/c1-14(2)21-9-18(23-27-21)12-24-10-17-11-25(16(4)26)22(20(17)13-24)19-8-6-5-7-15(19)3/h5-9,14,17,20,22H,10-13H2,1-4H3/t17-,20-,22+/m1/s1. The Balaban J connectivity index is 1.53. The van der Waals surface area contributed by atoms with Gasteiger partial charge in [-0.15, -0.1) is 0 Å². The molecule has 1 amide bonds. The van der Waals surface area contributed by atoms with E-state index >= 15 is 0 Å². The Morgan fingerprint density at radius 3 is 2.70 bits per heavy atom. The molecule has 2 fully saturated rings. The van der Waals surface area contributed by atoms with Crippen LogP contribution in [0.15, 0.2) is 34.9 Å². The highest BCUT2D eigenvalue weighted by molar-refractivity contribution is 5.74. The van der Waals surface area contributed by atoms with Crippen LogP contribution in [0.1, 0.15) is 55.3 Å². The van der Waals surface area contributed by atoms with Crippen LogP contribution in [0.5, 0.6) is 0 Å². The maximum absolute atomic E-state index is 12.3. The highest BCUT2D eigenvalue weighted by Gasteiger charge is 2.48. The van der Waals surface area contributed by atoms with Gasteiger partial charge < -0.3 is 9.42 Å². The summed E-state index contributed by atoms with van der Waals surface area (Å²) < 4.78 is 5.46. The van der Waals surface area contributed by atoms with Crippen molar-refractivity contribution in [2.24, 2.45) is 11.8 Å². The Hall–Kier alpha value is -2.14. The molecular formula is C22H29N3O2. The number of carbonyl (C=O) groups excluding carboxylic acids is 1. The molecule has 0 bridgehead atoms. The Kier molecular flexibility index (Phi) is 4.81. The van der Waals surface area contributed by atoms with Crippen LogP contribution in [-0.4, -0.2) is 40.5 Å². The molecule has 3 atom stereocenters. The molecule has 1 aromatic carbocycles. The van der Waals surface area contributed by atoms with E-state index in [2.05, 4.69) is 66.1 Å². The largest absolute Gasteiger partial charge is 0.361 e. The van der Waals surface area contributed by atoms with E-state index in [1.807, 2.05) is 0 Å². The molecule has 27 heavy (non-hydrogen) atoms. The van der Waals surface area contributed by atoms with E-state index in [-0.39, 0.29) is 11.9 Å². The lowest BCUT2D eigenvalue weighted by atomic mass is 9.87. The van der Waals surface area contributed by atoms with Crippen molar-refractivity contribution in [3.63, 3.8) is 0 Å². The number of benzene rings is 1. The van der Waals surface area contributed by atoms with Gasteiger partial charge in [0, 0.05) is 51.0 Å². The summed E-state index contributed by atoms with van der Waals surface area (Å²) in [6.45, 7) is 11.8. The van der Waals surface area contributed by atoms with Gasteiger partial charge in [0.1, 0.15) is 5.76 Å². The number of rotatable bonds is 4. The molecule has 144 valence electrons. The third-order valence-corrected chi connectivity index (χ3v) is 6.18. The van der Waals surface area contributed by atoms with E-state index in [0.29, 0.717) is 17.8 Å². The van der Waals surface area contributed by atoms with Crippen LogP contribution in [0.3, 0.4) is 0 Å². The second kappa shape index (κ2) is 7.12. The summed E-state index contributed by atoms with van der Waals surface area (Å²) in [5.41, 5.74) is 3.58. The molecule has 5 nitrogen and oxygen atoms in total. The van der Waals surface area contributed by atoms with Gasteiger partial charge in [0.2, 0.25) is 5.91 Å². The van der Waals surface area contributed by atoms with Gasteiger partial charge >= 0.3 is 0 Å². The van der Waals surface area contributed by atoms with Gasteiger partial charge in [-0.3, -0.25) is 9.69 Å². The number of aromatic nitrogens is 1. The van der Waals surface area contributed by atoms with Crippen LogP contribution in [0.25, 0.3) is 0 Å². The van der Waals surface area contributed by atoms with Crippen LogP contribution in [-0.2, 0) is 11.3 Å². The monoisotopic (exact) mass is 367 g/mol. The molecule has 2 aromatic rings. The summed E-state index contributed by atoms with van der Waals surface area (Å²) >= 11 is 0. The predicted molar refractivity (Wildman–Crippen MR) is 104 cm³/mol. The minimum atomic E-state index is 0.183. The van der Waals surface area contributed by atoms with Crippen LogP contribution in [0, 0.1) is 18.8 Å². The molecule has 0 unspecified atom stereocenters. The van der Waals surface area contributed by atoms with Crippen molar-refractivity contribution in [1.29, 1.82) is 0 Å². The molecule has 2 aliphatic rings. The zero-order chi connectivity index (χ0) is 19.1. The quantitative estimate of drug-likeness (QED) is 0.826. The number of hydrogen-bond acceptors (Lipinski definition) is 4. The van der Waals surface area contributed by atoms with Crippen molar-refractivity contribution in [2.45, 2.75) is 46.2 Å². The number of carbonyl (C=O) groups is 1. The molecule has 0 N–H and O–H groups in total. The third-order valence-electron chi connectivity index (χ3n) is 6.18. The maximum Gasteiger partial charge on any atom is 0.219 e. The van der Waals surface area contributed by atoms with Crippen molar-refractivity contribution in [3.8, 4) is 0 Å². The van der Waals surface area contributed by atoms with Gasteiger partial charge in [-0.1, -0.05) is 43.3 Å². The van der Waals surface area contributed by atoms with Crippen LogP contribution >= 0.6 is 0 Å². The Labute approximate surface area is 161 Å². The van der Waals surface area contributed by atoms with E-state index in [9.17, 15) is 4.79 Å². The van der Waals surface area contributed by atoms with E-state index in [1.54, 1.807) is 6.92 Å². The molecular weight excluding hydrogens is 338 g/mol. The summed E-state index contributed by atoms with van der Waals surface area (Å²) in [6.07, 6.45) is 0. The molecule has 2 saturated heterocycles. The van der Waals surface area contributed by atoms with Gasteiger partial charge in [-0.05, 0) is 24.0 Å².